The first kappa shape index (κ1) is 21.4. The van der Waals surface area contributed by atoms with Gasteiger partial charge < -0.3 is 25.9 Å². The van der Waals surface area contributed by atoms with E-state index < -0.39 is 5.60 Å². The molecule has 1 aliphatic rings. The van der Waals surface area contributed by atoms with Crippen molar-refractivity contribution in [3.63, 3.8) is 0 Å². The summed E-state index contributed by atoms with van der Waals surface area (Å²) in [5, 5.41) is 11.6. The largest absolute Gasteiger partial charge is 0.457 e. The van der Waals surface area contributed by atoms with Gasteiger partial charge in [0.15, 0.2) is 0 Å². The summed E-state index contributed by atoms with van der Waals surface area (Å²) < 4.78 is 8.14. The number of aliphatic hydroxyl groups is 1. The number of aromatic nitrogens is 3. The predicted octanol–water partition coefficient (Wildman–Crippen LogP) is 4.67. The van der Waals surface area contributed by atoms with Crippen LogP contribution in [0.25, 0.3) is 22.2 Å². The fraction of sp³-hybridized carbons (Fsp3) is 0.308. The third-order valence-electron chi connectivity index (χ3n) is 6.67. The molecule has 0 unspecified atom stereocenters. The lowest BCUT2D eigenvalue weighted by Crippen LogP contribution is -2.36. The van der Waals surface area contributed by atoms with Crippen LogP contribution < -0.4 is 16.2 Å². The molecule has 2 aromatic heterocycles. The van der Waals surface area contributed by atoms with Crippen LogP contribution in [-0.2, 0) is 0 Å². The number of nitrogens with two attached hydrogens (primary N) is 2. The van der Waals surface area contributed by atoms with Crippen LogP contribution in [0.1, 0.15) is 38.1 Å². The molecule has 7 heteroatoms. The molecule has 4 aromatic rings. The van der Waals surface area contributed by atoms with Crippen LogP contribution in [0, 0.1) is 0 Å². The molecule has 5 rings (SSSR count). The van der Waals surface area contributed by atoms with Gasteiger partial charge in [0.05, 0.1) is 11.0 Å². The summed E-state index contributed by atoms with van der Waals surface area (Å²) in [6.07, 6.45) is 7.49. The van der Waals surface area contributed by atoms with Crippen molar-refractivity contribution in [2.45, 2.75) is 43.7 Å². The Morgan fingerprint density at radius 3 is 2.39 bits per heavy atom. The van der Waals surface area contributed by atoms with Gasteiger partial charge in [-0.2, -0.15) is 0 Å². The summed E-state index contributed by atoms with van der Waals surface area (Å²) in [4.78, 5) is 8.82. The molecule has 1 aliphatic carbocycles. The molecule has 7 nitrogen and oxygen atoms in total. The van der Waals surface area contributed by atoms with Crippen LogP contribution in [0.15, 0.2) is 67.1 Å². The van der Waals surface area contributed by atoms with E-state index in [1.54, 1.807) is 0 Å². The number of rotatable bonds is 6. The highest BCUT2D eigenvalue weighted by molar-refractivity contribution is 6.00. The number of hydrogen-bond acceptors (Lipinski definition) is 6. The maximum Gasteiger partial charge on any atom is 0.146 e. The second kappa shape index (κ2) is 8.84. The highest BCUT2D eigenvalue weighted by atomic mass is 16.5. The van der Waals surface area contributed by atoms with E-state index in [-0.39, 0.29) is 6.04 Å². The van der Waals surface area contributed by atoms with Gasteiger partial charge in [-0.05, 0) is 68.5 Å². The quantitative estimate of drug-likeness (QED) is 0.399. The van der Waals surface area contributed by atoms with Gasteiger partial charge in [0.25, 0.3) is 0 Å². The number of para-hydroxylation sites is 1. The summed E-state index contributed by atoms with van der Waals surface area (Å²) in [5.74, 6) is 2.03. The number of fused-ring (bicyclic) bond motifs is 1. The Balaban J connectivity index is 1.46. The number of anilines is 1. The van der Waals surface area contributed by atoms with Gasteiger partial charge in [0, 0.05) is 17.8 Å². The number of nitrogens with zero attached hydrogens (tertiary/aromatic N) is 3. The molecule has 0 saturated heterocycles. The normalized spacial score (nSPS) is 20.7. The summed E-state index contributed by atoms with van der Waals surface area (Å²) in [5.41, 5.74) is 14.2. The molecule has 0 amide bonds. The maximum atomic E-state index is 10.8. The van der Waals surface area contributed by atoms with Crippen molar-refractivity contribution < 1.29 is 9.84 Å². The molecule has 1 fully saturated rings. The van der Waals surface area contributed by atoms with E-state index in [4.69, 9.17) is 16.2 Å². The van der Waals surface area contributed by atoms with Gasteiger partial charge in [-0.15, -0.1) is 0 Å². The average molecular weight is 444 g/mol. The molecule has 0 aliphatic heterocycles. The van der Waals surface area contributed by atoms with Gasteiger partial charge in [-0.25, -0.2) is 9.97 Å². The molecular formula is C26H29N5O2. The second-order valence-electron chi connectivity index (χ2n) is 8.84. The van der Waals surface area contributed by atoms with E-state index in [2.05, 4.69) is 20.7 Å². The van der Waals surface area contributed by atoms with Gasteiger partial charge in [0.2, 0.25) is 0 Å². The fourth-order valence-corrected chi connectivity index (χ4v) is 4.87. The highest BCUT2D eigenvalue weighted by Gasteiger charge is 2.34. The van der Waals surface area contributed by atoms with Crippen LogP contribution in [0.4, 0.5) is 5.82 Å². The minimum Gasteiger partial charge on any atom is -0.457 e. The SMILES string of the molecule is NCC[C@]1(O)CC[C@@H](n2cc(-c3ccc(Oc4ccccc4)cc3)c3c(N)ncnc32)CC1. The van der Waals surface area contributed by atoms with Crippen LogP contribution in [0.2, 0.25) is 0 Å². The van der Waals surface area contributed by atoms with Crippen molar-refractivity contribution >= 4 is 16.9 Å². The van der Waals surface area contributed by atoms with Crippen molar-refractivity contribution in [3.8, 4) is 22.6 Å². The van der Waals surface area contributed by atoms with Crippen LogP contribution >= 0.6 is 0 Å². The van der Waals surface area contributed by atoms with Gasteiger partial charge in [0.1, 0.15) is 29.3 Å². The lowest BCUT2D eigenvalue weighted by molar-refractivity contribution is -0.0122. The molecule has 0 spiro atoms. The van der Waals surface area contributed by atoms with Gasteiger partial charge in [-0.3, -0.25) is 0 Å². The Bertz CT molecular complexity index is 1230. The molecule has 0 atom stereocenters. The zero-order chi connectivity index (χ0) is 22.8. The topological polar surface area (TPSA) is 112 Å². The summed E-state index contributed by atoms with van der Waals surface area (Å²) in [6, 6.07) is 17.9. The first-order valence-corrected chi connectivity index (χ1v) is 11.4. The zero-order valence-corrected chi connectivity index (χ0v) is 18.5. The summed E-state index contributed by atoms with van der Waals surface area (Å²) in [7, 11) is 0. The third-order valence-corrected chi connectivity index (χ3v) is 6.67. The molecule has 2 heterocycles. The van der Waals surface area contributed by atoms with E-state index in [0.717, 1.165) is 59.3 Å². The molecule has 170 valence electrons. The Labute approximate surface area is 193 Å². The summed E-state index contributed by atoms with van der Waals surface area (Å²) in [6.45, 7) is 0.505. The van der Waals surface area contributed by atoms with Crippen molar-refractivity contribution in [2.75, 3.05) is 12.3 Å². The van der Waals surface area contributed by atoms with E-state index >= 15 is 0 Å². The zero-order valence-electron chi connectivity index (χ0n) is 18.5. The molecule has 0 bridgehead atoms. The van der Waals surface area contributed by atoms with Crippen LogP contribution in [0.5, 0.6) is 11.5 Å². The molecule has 5 N–H and O–H groups in total. The van der Waals surface area contributed by atoms with E-state index in [0.29, 0.717) is 18.8 Å². The minimum absolute atomic E-state index is 0.245. The lowest BCUT2D eigenvalue weighted by Gasteiger charge is -2.36. The van der Waals surface area contributed by atoms with E-state index in [1.165, 1.54) is 6.33 Å². The Morgan fingerprint density at radius 2 is 1.70 bits per heavy atom. The van der Waals surface area contributed by atoms with Crippen molar-refractivity contribution in [3.05, 3.63) is 67.1 Å². The Hall–Kier alpha value is -3.42. The molecular weight excluding hydrogens is 414 g/mol. The van der Waals surface area contributed by atoms with Crippen molar-refractivity contribution in [1.29, 1.82) is 0 Å². The fourth-order valence-electron chi connectivity index (χ4n) is 4.87. The van der Waals surface area contributed by atoms with Crippen molar-refractivity contribution in [1.82, 2.24) is 14.5 Å². The predicted molar refractivity (Wildman–Crippen MR) is 130 cm³/mol. The first-order valence-electron chi connectivity index (χ1n) is 11.4. The van der Waals surface area contributed by atoms with Crippen molar-refractivity contribution in [2.24, 2.45) is 5.73 Å². The second-order valence-corrected chi connectivity index (χ2v) is 8.84. The molecule has 0 radical (unpaired) electrons. The smallest absolute Gasteiger partial charge is 0.146 e. The maximum absolute atomic E-state index is 10.8. The minimum atomic E-state index is -0.653. The number of benzene rings is 2. The monoisotopic (exact) mass is 443 g/mol. The number of ether oxygens (including phenoxy) is 1. The molecule has 2 aromatic carbocycles. The lowest BCUT2D eigenvalue weighted by atomic mass is 9.80. The standard InChI is InChI=1S/C26H29N5O2/c27-15-14-26(32)12-10-19(11-13-26)31-16-22(23-24(28)29-17-30-25(23)31)18-6-8-21(9-7-18)33-20-4-2-1-3-5-20/h1-9,16-17,19,32H,10-15,27H2,(H2,28,29,30)/t19-,26+. The summed E-state index contributed by atoms with van der Waals surface area (Å²) >= 11 is 0. The Kier molecular flexibility index (Phi) is 5.74. The van der Waals surface area contributed by atoms with E-state index in [1.807, 2.05) is 54.6 Å². The average Bonchev–Trinajstić information content (AvgIpc) is 3.22. The first-order chi connectivity index (χ1) is 16.1. The number of hydrogen-bond donors (Lipinski definition) is 3. The molecule has 1 saturated carbocycles. The highest BCUT2D eigenvalue weighted by Crippen LogP contribution is 2.41. The molecule has 33 heavy (non-hydrogen) atoms. The van der Waals surface area contributed by atoms with Gasteiger partial charge in [-0.1, -0.05) is 30.3 Å². The van der Waals surface area contributed by atoms with Gasteiger partial charge >= 0.3 is 0 Å². The number of nitrogen functional groups attached to an aromatic ring is 1. The van der Waals surface area contributed by atoms with E-state index in [9.17, 15) is 5.11 Å². The third kappa shape index (κ3) is 4.29. The Morgan fingerprint density at radius 1 is 1.00 bits per heavy atom. The van der Waals surface area contributed by atoms with Crippen LogP contribution in [0.3, 0.4) is 0 Å². The van der Waals surface area contributed by atoms with Crippen LogP contribution in [-0.4, -0.2) is 31.8 Å².